The number of hydrogen-bond donors (Lipinski definition) is 2. The molecule has 0 spiro atoms. The van der Waals surface area contributed by atoms with Gasteiger partial charge >= 0.3 is 5.97 Å². The number of allylic oxidation sites excluding steroid dienone is 1. The van der Waals surface area contributed by atoms with Gasteiger partial charge in [-0.1, -0.05) is 36.2 Å². The minimum atomic E-state index is -0.917. The molecule has 0 bridgehead atoms. The molecule has 0 heterocycles. The standard InChI is InChI=1S/C15H17Cl2NO2/c1-2-3-14(15(19)20)18-11-5-4-9-6-10(16)7-13(17)12(9)8-11/h3,6-7,11,18H,2,4-5,8H2,1H3,(H,19,20)/b14-3-. The molecule has 0 saturated carbocycles. The first kappa shape index (κ1) is 15.2. The molecular formula is C15H17Cl2NO2. The molecule has 0 fully saturated rings. The van der Waals surface area contributed by atoms with Crippen LogP contribution in [0.5, 0.6) is 0 Å². The first-order valence-electron chi connectivity index (χ1n) is 6.68. The van der Waals surface area contributed by atoms with Gasteiger partial charge in [0.1, 0.15) is 5.70 Å². The number of carbonyl (C=O) groups is 1. The lowest BCUT2D eigenvalue weighted by molar-refractivity contribution is -0.133. The topological polar surface area (TPSA) is 49.3 Å². The van der Waals surface area contributed by atoms with Crippen LogP contribution in [0, 0.1) is 0 Å². The Morgan fingerprint density at radius 1 is 1.50 bits per heavy atom. The fourth-order valence-electron chi connectivity index (χ4n) is 2.54. The molecule has 3 nitrogen and oxygen atoms in total. The number of aryl methyl sites for hydroxylation is 1. The molecule has 2 N–H and O–H groups in total. The van der Waals surface area contributed by atoms with Crippen LogP contribution in [0.1, 0.15) is 30.9 Å². The van der Waals surface area contributed by atoms with Gasteiger partial charge in [-0.05, 0) is 48.9 Å². The van der Waals surface area contributed by atoms with Crippen molar-refractivity contribution < 1.29 is 9.90 Å². The van der Waals surface area contributed by atoms with Gasteiger partial charge in [0.15, 0.2) is 0 Å². The Morgan fingerprint density at radius 2 is 2.25 bits per heavy atom. The summed E-state index contributed by atoms with van der Waals surface area (Å²) in [6.07, 6.45) is 4.83. The third-order valence-corrected chi connectivity index (χ3v) is 4.02. The first-order valence-corrected chi connectivity index (χ1v) is 7.43. The van der Waals surface area contributed by atoms with Gasteiger partial charge in [0.2, 0.25) is 0 Å². The number of halogens is 2. The van der Waals surface area contributed by atoms with Crippen LogP contribution < -0.4 is 5.32 Å². The second-order valence-electron chi connectivity index (χ2n) is 4.94. The molecule has 5 heteroatoms. The van der Waals surface area contributed by atoms with Crippen molar-refractivity contribution in [2.24, 2.45) is 0 Å². The van der Waals surface area contributed by atoms with Gasteiger partial charge in [-0.25, -0.2) is 4.79 Å². The molecule has 1 atom stereocenters. The summed E-state index contributed by atoms with van der Waals surface area (Å²) in [6.45, 7) is 1.92. The maximum Gasteiger partial charge on any atom is 0.351 e. The predicted octanol–water partition coefficient (Wildman–Crippen LogP) is 3.82. The predicted molar refractivity (Wildman–Crippen MR) is 81.4 cm³/mol. The number of fused-ring (bicyclic) bond motifs is 1. The summed E-state index contributed by atoms with van der Waals surface area (Å²) in [5.74, 6) is -0.917. The zero-order chi connectivity index (χ0) is 14.7. The number of hydrogen-bond acceptors (Lipinski definition) is 2. The summed E-state index contributed by atoms with van der Waals surface area (Å²) in [6, 6.07) is 3.78. The minimum absolute atomic E-state index is 0.0927. The Morgan fingerprint density at radius 3 is 2.90 bits per heavy atom. The molecule has 1 aromatic rings. The van der Waals surface area contributed by atoms with Crippen molar-refractivity contribution in [3.8, 4) is 0 Å². The van der Waals surface area contributed by atoms with Crippen LogP contribution in [0.2, 0.25) is 10.0 Å². The van der Waals surface area contributed by atoms with Gasteiger partial charge < -0.3 is 10.4 Å². The van der Waals surface area contributed by atoms with Gasteiger partial charge in [-0.15, -0.1) is 0 Å². The highest BCUT2D eigenvalue weighted by atomic mass is 35.5. The Bertz CT molecular complexity index is 555. The highest BCUT2D eigenvalue weighted by Crippen LogP contribution is 2.31. The second kappa shape index (κ2) is 6.51. The highest BCUT2D eigenvalue weighted by Gasteiger charge is 2.23. The van der Waals surface area contributed by atoms with Crippen LogP contribution >= 0.6 is 23.2 Å². The molecule has 0 amide bonds. The molecular weight excluding hydrogens is 297 g/mol. The average Bonchev–Trinajstić information content (AvgIpc) is 2.38. The lowest BCUT2D eigenvalue weighted by atomic mass is 9.88. The summed E-state index contributed by atoms with van der Waals surface area (Å²) >= 11 is 12.2. The van der Waals surface area contributed by atoms with Crippen molar-refractivity contribution in [2.75, 3.05) is 0 Å². The molecule has 0 radical (unpaired) electrons. The Balaban J connectivity index is 2.15. The number of rotatable bonds is 4. The van der Waals surface area contributed by atoms with Crippen molar-refractivity contribution in [1.29, 1.82) is 0 Å². The molecule has 2 rings (SSSR count). The summed E-state index contributed by atoms with van der Waals surface area (Å²) in [4.78, 5) is 11.1. The fraction of sp³-hybridized carbons (Fsp3) is 0.400. The van der Waals surface area contributed by atoms with Crippen LogP contribution in [-0.2, 0) is 17.6 Å². The Kier molecular flexibility index (Phi) is 4.95. The molecule has 1 unspecified atom stereocenters. The Labute approximate surface area is 128 Å². The van der Waals surface area contributed by atoms with Gasteiger partial charge in [-0.2, -0.15) is 0 Å². The lowest BCUT2D eigenvalue weighted by Gasteiger charge is -2.27. The van der Waals surface area contributed by atoms with E-state index >= 15 is 0 Å². The van der Waals surface area contributed by atoms with E-state index in [9.17, 15) is 4.79 Å². The SMILES string of the molecule is CC/C=C(\NC1CCc2cc(Cl)cc(Cl)c2C1)C(=O)O. The third kappa shape index (κ3) is 3.47. The Hall–Kier alpha value is -1.19. The third-order valence-electron chi connectivity index (χ3n) is 3.46. The number of carboxylic acid groups (broad SMARTS) is 1. The fourth-order valence-corrected chi connectivity index (χ4v) is 3.15. The molecule has 1 aliphatic carbocycles. The maximum atomic E-state index is 11.1. The van der Waals surface area contributed by atoms with Crippen LogP contribution in [-0.4, -0.2) is 17.1 Å². The zero-order valence-corrected chi connectivity index (χ0v) is 12.8. The normalized spacial score (nSPS) is 18.6. The van der Waals surface area contributed by atoms with E-state index in [1.807, 2.05) is 13.0 Å². The largest absolute Gasteiger partial charge is 0.477 e. The van der Waals surface area contributed by atoms with E-state index in [4.69, 9.17) is 28.3 Å². The molecule has 108 valence electrons. The van der Waals surface area contributed by atoms with Gasteiger partial charge in [0.25, 0.3) is 0 Å². The molecule has 0 aliphatic heterocycles. The quantitative estimate of drug-likeness (QED) is 0.831. The number of aliphatic carboxylic acids is 1. The van der Waals surface area contributed by atoms with E-state index in [-0.39, 0.29) is 11.7 Å². The number of nitrogens with one attached hydrogen (secondary N) is 1. The van der Waals surface area contributed by atoms with Crippen molar-refractivity contribution in [3.05, 3.63) is 45.1 Å². The van der Waals surface area contributed by atoms with Gasteiger partial charge in [-0.3, -0.25) is 0 Å². The van der Waals surface area contributed by atoms with Crippen LogP contribution in [0.25, 0.3) is 0 Å². The smallest absolute Gasteiger partial charge is 0.351 e. The van der Waals surface area contributed by atoms with Crippen LogP contribution in [0.4, 0.5) is 0 Å². The van der Waals surface area contributed by atoms with E-state index in [2.05, 4.69) is 5.32 Å². The molecule has 1 aliphatic rings. The van der Waals surface area contributed by atoms with E-state index < -0.39 is 5.97 Å². The summed E-state index contributed by atoms with van der Waals surface area (Å²) in [5.41, 5.74) is 2.50. The summed E-state index contributed by atoms with van der Waals surface area (Å²) in [7, 11) is 0. The lowest BCUT2D eigenvalue weighted by Crippen LogP contribution is -2.36. The van der Waals surface area contributed by atoms with E-state index in [1.165, 1.54) is 0 Å². The monoisotopic (exact) mass is 313 g/mol. The van der Waals surface area contributed by atoms with Crippen molar-refractivity contribution >= 4 is 29.2 Å². The molecule has 1 aromatic carbocycles. The second-order valence-corrected chi connectivity index (χ2v) is 5.78. The van der Waals surface area contributed by atoms with E-state index in [1.54, 1.807) is 12.1 Å². The number of carboxylic acids is 1. The van der Waals surface area contributed by atoms with Gasteiger partial charge in [0.05, 0.1) is 0 Å². The van der Waals surface area contributed by atoms with Gasteiger partial charge in [0, 0.05) is 16.1 Å². The summed E-state index contributed by atoms with van der Waals surface area (Å²) in [5, 5.41) is 13.6. The maximum absolute atomic E-state index is 11.1. The van der Waals surface area contributed by atoms with Crippen molar-refractivity contribution in [2.45, 2.75) is 38.6 Å². The minimum Gasteiger partial charge on any atom is -0.477 e. The zero-order valence-electron chi connectivity index (χ0n) is 11.2. The molecule has 0 aromatic heterocycles. The van der Waals surface area contributed by atoms with Crippen molar-refractivity contribution in [3.63, 3.8) is 0 Å². The highest BCUT2D eigenvalue weighted by molar-refractivity contribution is 6.35. The van der Waals surface area contributed by atoms with Crippen LogP contribution in [0.3, 0.4) is 0 Å². The van der Waals surface area contributed by atoms with E-state index in [0.29, 0.717) is 16.5 Å². The average molecular weight is 314 g/mol. The molecule has 0 saturated heterocycles. The van der Waals surface area contributed by atoms with Crippen molar-refractivity contribution in [1.82, 2.24) is 5.32 Å². The van der Waals surface area contributed by atoms with Crippen LogP contribution in [0.15, 0.2) is 23.9 Å². The first-order chi connectivity index (χ1) is 9.51. The van der Waals surface area contributed by atoms with E-state index in [0.717, 1.165) is 30.4 Å². The summed E-state index contributed by atoms with van der Waals surface area (Å²) < 4.78 is 0. The number of benzene rings is 1. The molecule has 20 heavy (non-hydrogen) atoms.